The third-order valence-corrected chi connectivity index (χ3v) is 6.19. The largest absolute Gasteiger partial charge is 0.478 e. The van der Waals surface area contributed by atoms with Crippen molar-refractivity contribution in [2.45, 2.75) is 6.54 Å². The number of furan rings is 1. The number of carboxylic acids is 1. The fourth-order valence-corrected chi connectivity index (χ4v) is 4.24. The van der Waals surface area contributed by atoms with Gasteiger partial charge in [-0.3, -0.25) is 9.69 Å². The number of benzene rings is 2. The molecular weight excluding hydrogens is 442 g/mol. The average molecular weight is 456 g/mol. The van der Waals surface area contributed by atoms with Crippen LogP contribution in [-0.2, 0) is 6.54 Å². The van der Waals surface area contributed by atoms with E-state index in [0.717, 1.165) is 22.9 Å². The van der Waals surface area contributed by atoms with E-state index in [9.17, 15) is 9.59 Å². The monoisotopic (exact) mass is 455 g/mol. The van der Waals surface area contributed by atoms with Gasteiger partial charge in [0.2, 0.25) is 0 Å². The van der Waals surface area contributed by atoms with Crippen LogP contribution in [0, 0.1) is 0 Å². The fourth-order valence-electron chi connectivity index (χ4n) is 2.90. The topological polar surface area (TPSA) is 70.8 Å². The van der Waals surface area contributed by atoms with E-state index in [-0.39, 0.29) is 10.8 Å². The number of rotatable bonds is 5. The lowest BCUT2D eigenvalue weighted by molar-refractivity contribution is 0.0697. The Morgan fingerprint density at radius 1 is 1.10 bits per heavy atom. The molecule has 2 aromatic carbocycles. The Labute approximate surface area is 186 Å². The van der Waals surface area contributed by atoms with Gasteiger partial charge in [0.15, 0.2) is 0 Å². The summed E-state index contributed by atoms with van der Waals surface area (Å²) in [6.45, 7) is 0.374. The summed E-state index contributed by atoms with van der Waals surface area (Å²) in [6.07, 6.45) is 1.74. The van der Waals surface area contributed by atoms with Crippen LogP contribution >= 0.6 is 35.6 Å². The summed E-state index contributed by atoms with van der Waals surface area (Å²) in [4.78, 5) is 26.0. The maximum atomic E-state index is 12.4. The van der Waals surface area contributed by atoms with Crippen LogP contribution in [0.4, 0.5) is 4.79 Å². The zero-order valence-corrected chi connectivity index (χ0v) is 17.8. The van der Waals surface area contributed by atoms with Gasteiger partial charge in [-0.2, -0.15) is 0 Å². The number of thioether (sulfide) groups is 1. The van der Waals surface area contributed by atoms with Crippen molar-refractivity contribution in [3.05, 3.63) is 87.5 Å². The quantitative estimate of drug-likeness (QED) is 0.357. The zero-order valence-electron chi connectivity index (χ0n) is 15.4. The second-order valence-electron chi connectivity index (χ2n) is 6.48. The highest BCUT2D eigenvalue weighted by Gasteiger charge is 2.32. The van der Waals surface area contributed by atoms with Crippen LogP contribution in [-0.4, -0.2) is 26.2 Å². The molecule has 0 saturated carbocycles. The van der Waals surface area contributed by atoms with E-state index >= 15 is 0 Å². The smallest absolute Gasteiger partial charge is 0.335 e. The van der Waals surface area contributed by atoms with Gasteiger partial charge >= 0.3 is 5.97 Å². The van der Waals surface area contributed by atoms with E-state index in [0.29, 0.717) is 33.0 Å². The second kappa shape index (κ2) is 8.47. The summed E-state index contributed by atoms with van der Waals surface area (Å²) in [7, 11) is 0. The minimum Gasteiger partial charge on any atom is -0.478 e. The molecule has 2 heterocycles. The second-order valence-corrected chi connectivity index (χ2v) is 8.30. The minimum atomic E-state index is -0.981. The maximum absolute atomic E-state index is 12.4. The van der Waals surface area contributed by atoms with Gasteiger partial charge in [0.1, 0.15) is 16.5 Å². The van der Waals surface area contributed by atoms with Gasteiger partial charge in [-0.1, -0.05) is 48.1 Å². The van der Waals surface area contributed by atoms with Crippen LogP contribution in [0.1, 0.15) is 21.7 Å². The SMILES string of the molecule is O=C(O)c1ccc(-c2ccc(C=C3SC(=O)N(Cc4ccc(Cl)cc4)C3=S)o2)cc1. The normalized spacial score (nSPS) is 15.2. The molecule has 30 heavy (non-hydrogen) atoms. The molecule has 5 nitrogen and oxygen atoms in total. The van der Waals surface area contributed by atoms with Crippen molar-refractivity contribution >= 4 is 57.9 Å². The first-order valence-electron chi connectivity index (χ1n) is 8.84. The van der Waals surface area contributed by atoms with Crippen LogP contribution in [0.2, 0.25) is 5.02 Å². The molecule has 1 amide bonds. The first-order valence-corrected chi connectivity index (χ1v) is 10.4. The number of aromatic carboxylic acids is 1. The number of hydrogen-bond acceptors (Lipinski definition) is 5. The Morgan fingerprint density at radius 3 is 2.47 bits per heavy atom. The number of carbonyl (C=O) groups is 2. The Balaban J connectivity index is 1.51. The van der Waals surface area contributed by atoms with Crippen LogP contribution in [0.3, 0.4) is 0 Å². The molecule has 1 N–H and O–H groups in total. The molecule has 1 aromatic heterocycles. The molecule has 1 aliphatic heterocycles. The van der Waals surface area contributed by atoms with Gasteiger partial charge in [0.05, 0.1) is 17.0 Å². The molecule has 0 bridgehead atoms. The summed E-state index contributed by atoms with van der Waals surface area (Å²) in [5.74, 6) is 0.168. The number of carboxylic acid groups (broad SMARTS) is 1. The van der Waals surface area contributed by atoms with E-state index in [1.165, 1.54) is 12.1 Å². The van der Waals surface area contributed by atoms with Gasteiger partial charge in [-0.05, 0) is 59.8 Å². The van der Waals surface area contributed by atoms with E-state index < -0.39 is 5.97 Å². The Morgan fingerprint density at radius 2 is 1.80 bits per heavy atom. The van der Waals surface area contributed by atoms with E-state index in [4.69, 9.17) is 33.3 Å². The molecule has 0 aliphatic carbocycles. The molecule has 0 unspecified atom stereocenters. The summed E-state index contributed by atoms with van der Waals surface area (Å²) >= 11 is 12.5. The highest BCUT2D eigenvalue weighted by molar-refractivity contribution is 8.19. The Kier molecular flexibility index (Phi) is 5.76. The number of hydrogen-bond donors (Lipinski definition) is 1. The number of nitrogens with zero attached hydrogens (tertiary/aromatic N) is 1. The molecule has 150 valence electrons. The predicted molar refractivity (Wildman–Crippen MR) is 122 cm³/mol. The highest BCUT2D eigenvalue weighted by atomic mass is 35.5. The van der Waals surface area contributed by atoms with Crippen molar-refractivity contribution in [3.8, 4) is 11.3 Å². The predicted octanol–water partition coefficient (Wildman–Crippen LogP) is 6.34. The molecule has 1 fully saturated rings. The van der Waals surface area contributed by atoms with Gasteiger partial charge < -0.3 is 9.52 Å². The lowest BCUT2D eigenvalue weighted by atomic mass is 10.1. The summed E-state index contributed by atoms with van der Waals surface area (Å²) < 4.78 is 5.84. The van der Waals surface area contributed by atoms with Gasteiger partial charge in [-0.25, -0.2) is 4.79 Å². The number of halogens is 1. The summed E-state index contributed by atoms with van der Waals surface area (Å²) in [5.41, 5.74) is 1.90. The number of thiocarbonyl (C=S) groups is 1. The van der Waals surface area contributed by atoms with Gasteiger partial charge in [0.25, 0.3) is 5.24 Å². The summed E-state index contributed by atoms with van der Waals surface area (Å²) in [5, 5.41) is 9.49. The van der Waals surface area contributed by atoms with Crippen LogP contribution in [0.25, 0.3) is 17.4 Å². The molecule has 1 saturated heterocycles. The minimum absolute atomic E-state index is 0.141. The van der Waals surface area contributed by atoms with Crippen molar-refractivity contribution in [3.63, 3.8) is 0 Å². The lowest BCUT2D eigenvalue weighted by Gasteiger charge is -2.14. The summed E-state index contributed by atoms with van der Waals surface area (Å²) in [6, 6.07) is 17.3. The fraction of sp³-hybridized carbons (Fsp3) is 0.0455. The highest BCUT2D eigenvalue weighted by Crippen LogP contribution is 2.35. The van der Waals surface area contributed by atoms with Crippen molar-refractivity contribution in [1.82, 2.24) is 4.90 Å². The first kappa shape index (κ1) is 20.4. The molecule has 1 aliphatic rings. The third-order valence-electron chi connectivity index (χ3n) is 4.44. The van der Waals surface area contributed by atoms with E-state index in [1.807, 2.05) is 12.1 Å². The average Bonchev–Trinajstić information content (AvgIpc) is 3.30. The number of amides is 1. The Bertz CT molecular complexity index is 1170. The maximum Gasteiger partial charge on any atom is 0.335 e. The van der Waals surface area contributed by atoms with Gasteiger partial charge in [0, 0.05) is 10.6 Å². The van der Waals surface area contributed by atoms with E-state index in [2.05, 4.69) is 0 Å². The zero-order chi connectivity index (χ0) is 21.3. The molecule has 0 atom stereocenters. The van der Waals surface area contributed by atoms with Crippen molar-refractivity contribution in [2.75, 3.05) is 0 Å². The molecule has 0 radical (unpaired) electrons. The van der Waals surface area contributed by atoms with Crippen molar-refractivity contribution in [2.24, 2.45) is 0 Å². The molecule has 8 heteroatoms. The third kappa shape index (κ3) is 4.33. The van der Waals surface area contributed by atoms with Gasteiger partial charge in [-0.15, -0.1) is 0 Å². The van der Waals surface area contributed by atoms with Crippen molar-refractivity contribution < 1.29 is 19.1 Å². The van der Waals surface area contributed by atoms with Crippen molar-refractivity contribution in [1.29, 1.82) is 0 Å². The Hall–Kier alpha value is -2.87. The number of carbonyl (C=O) groups excluding carboxylic acids is 1. The molecule has 0 spiro atoms. The first-order chi connectivity index (χ1) is 14.4. The standard InChI is InChI=1S/C22H14ClNO4S2/c23-16-7-1-13(2-8-16)12-24-20(29)19(30-22(24)27)11-17-9-10-18(28-17)14-3-5-15(6-4-14)21(25)26/h1-11H,12H2,(H,25,26). The van der Waals surface area contributed by atoms with Crippen LogP contribution < -0.4 is 0 Å². The van der Waals surface area contributed by atoms with Crippen LogP contribution in [0.15, 0.2) is 70.0 Å². The molecular formula is C22H14ClNO4S2. The van der Waals surface area contributed by atoms with E-state index in [1.54, 1.807) is 47.4 Å². The van der Waals surface area contributed by atoms with Crippen LogP contribution in [0.5, 0.6) is 0 Å². The molecule has 4 rings (SSSR count). The molecule has 3 aromatic rings. The lowest BCUT2D eigenvalue weighted by Crippen LogP contribution is -2.26.